The molecule has 0 saturated heterocycles. The van der Waals surface area contributed by atoms with Gasteiger partial charge < -0.3 is 10.2 Å². The maximum atomic E-state index is 12.3. The van der Waals surface area contributed by atoms with Crippen LogP contribution in [-0.4, -0.2) is 19.0 Å². The molecule has 0 spiro atoms. The molecule has 1 aromatic carbocycles. The molecule has 0 bridgehead atoms. The molecule has 0 fully saturated rings. The summed E-state index contributed by atoms with van der Waals surface area (Å²) < 4.78 is 0.741. The van der Waals surface area contributed by atoms with Gasteiger partial charge in [-0.25, -0.2) is 0 Å². The van der Waals surface area contributed by atoms with Crippen molar-refractivity contribution in [3.05, 3.63) is 63.8 Å². The molecule has 0 radical (unpaired) electrons. The third-order valence-corrected chi connectivity index (χ3v) is 4.45. The number of nitrogens with one attached hydrogen (secondary N) is 2. The molecule has 0 saturated carbocycles. The first kappa shape index (κ1) is 17.2. The second kappa shape index (κ2) is 8.49. The summed E-state index contributed by atoms with van der Waals surface area (Å²) in [6, 6.07) is 12.9. The van der Waals surface area contributed by atoms with Crippen LogP contribution in [0.25, 0.3) is 0 Å². The van der Waals surface area contributed by atoms with Gasteiger partial charge in [-0.1, -0.05) is 30.3 Å². The number of benzene rings is 1. The summed E-state index contributed by atoms with van der Waals surface area (Å²) in [4.78, 5) is 14.4. The number of amides is 1. The first-order valence-electron chi connectivity index (χ1n) is 7.10. The molecule has 0 aliphatic rings. The second-order valence-electron chi connectivity index (χ2n) is 5.01. The van der Waals surface area contributed by atoms with Crippen molar-refractivity contribution in [2.45, 2.75) is 6.54 Å². The minimum Gasteiger partial charge on any atom is -0.320 e. The molecule has 2 N–H and O–H groups in total. The number of quaternary nitrogens is 1. The summed E-state index contributed by atoms with van der Waals surface area (Å²) in [5, 5.41) is 11.9. The minimum atomic E-state index is -0.132. The zero-order chi connectivity index (χ0) is 16.7. The fourth-order valence-electron chi connectivity index (χ4n) is 2.22. The first-order chi connectivity index (χ1) is 11.1. The molecule has 1 aromatic heterocycles. The Balaban J connectivity index is 2.00. The van der Waals surface area contributed by atoms with E-state index in [1.165, 1.54) is 11.3 Å². The Hall–Kier alpha value is -2.13. The zero-order valence-electron chi connectivity index (χ0n) is 12.5. The standard InChI is InChI=1S/C17H16ClN3OS/c1-2-9-21(11-14-7-8-16(18)23-14)12-17(22)20-15-6-4-3-5-13(15)10-19/h2-8H,1,9,11-12H2,(H,20,22)/p+1. The van der Waals surface area contributed by atoms with Crippen LogP contribution in [0.2, 0.25) is 4.34 Å². The van der Waals surface area contributed by atoms with Gasteiger partial charge in [0.05, 0.1) is 27.0 Å². The molecule has 1 unspecified atom stereocenters. The molecule has 1 amide bonds. The van der Waals surface area contributed by atoms with Crippen LogP contribution in [0.5, 0.6) is 0 Å². The highest BCUT2D eigenvalue weighted by atomic mass is 35.5. The van der Waals surface area contributed by atoms with E-state index in [-0.39, 0.29) is 5.91 Å². The average molecular weight is 347 g/mol. The van der Waals surface area contributed by atoms with Crippen molar-refractivity contribution in [2.75, 3.05) is 18.4 Å². The van der Waals surface area contributed by atoms with Gasteiger partial charge in [0.2, 0.25) is 0 Å². The number of hydrogen-bond acceptors (Lipinski definition) is 3. The summed E-state index contributed by atoms with van der Waals surface area (Å²) in [5.41, 5.74) is 0.994. The third kappa shape index (κ3) is 5.22. The van der Waals surface area contributed by atoms with E-state index in [9.17, 15) is 4.79 Å². The summed E-state index contributed by atoms with van der Waals surface area (Å²) in [5.74, 6) is -0.132. The van der Waals surface area contributed by atoms with Crippen LogP contribution < -0.4 is 10.2 Å². The van der Waals surface area contributed by atoms with Crippen molar-refractivity contribution in [1.82, 2.24) is 0 Å². The lowest BCUT2D eigenvalue weighted by molar-refractivity contribution is -0.899. The van der Waals surface area contributed by atoms with Gasteiger partial charge in [0, 0.05) is 0 Å². The number of anilines is 1. The van der Waals surface area contributed by atoms with E-state index in [0.717, 1.165) is 14.1 Å². The number of hydrogen-bond donors (Lipinski definition) is 2. The van der Waals surface area contributed by atoms with Gasteiger partial charge in [0.25, 0.3) is 5.91 Å². The molecule has 2 rings (SSSR count). The number of halogens is 1. The summed E-state index contributed by atoms with van der Waals surface area (Å²) in [6.07, 6.45) is 1.79. The number of nitrogens with zero attached hydrogens (tertiary/aromatic N) is 1. The van der Waals surface area contributed by atoms with Gasteiger partial charge in [-0.2, -0.15) is 5.26 Å². The topological polar surface area (TPSA) is 57.3 Å². The molecule has 1 heterocycles. The smallest absolute Gasteiger partial charge is 0.279 e. The van der Waals surface area contributed by atoms with Gasteiger partial charge in [-0.15, -0.1) is 11.3 Å². The van der Waals surface area contributed by atoms with Crippen LogP contribution in [0, 0.1) is 11.3 Å². The number of nitriles is 1. The Morgan fingerprint density at radius 2 is 2.17 bits per heavy atom. The summed E-state index contributed by atoms with van der Waals surface area (Å²) in [7, 11) is 0. The number of thiophene rings is 1. The lowest BCUT2D eigenvalue weighted by Gasteiger charge is -2.17. The molecule has 4 nitrogen and oxygen atoms in total. The van der Waals surface area contributed by atoms with E-state index in [4.69, 9.17) is 16.9 Å². The Kier molecular flexibility index (Phi) is 6.36. The van der Waals surface area contributed by atoms with E-state index < -0.39 is 0 Å². The van der Waals surface area contributed by atoms with Crippen molar-refractivity contribution in [3.8, 4) is 6.07 Å². The van der Waals surface area contributed by atoms with E-state index in [2.05, 4.69) is 18.0 Å². The third-order valence-electron chi connectivity index (χ3n) is 3.22. The zero-order valence-corrected chi connectivity index (χ0v) is 14.1. The minimum absolute atomic E-state index is 0.132. The van der Waals surface area contributed by atoms with Gasteiger partial charge >= 0.3 is 0 Å². The Bertz CT molecular complexity index is 735. The predicted octanol–water partition coefficient (Wildman–Crippen LogP) is 2.48. The largest absolute Gasteiger partial charge is 0.320 e. The maximum absolute atomic E-state index is 12.3. The lowest BCUT2D eigenvalue weighted by Crippen LogP contribution is -3.11. The Morgan fingerprint density at radius 1 is 1.39 bits per heavy atom. The van der Waals surface area contributed by atoms with Gasteiger partial charge in [-0.05, 0) is 30.3 Å². The fraction of sp³-hybridized carbons (Fsp3) is 0.176. The highest BCUT2D eigenvalue weighted by Gasteiger charge is 2.16. The van der Waals surface area contributed by atoms with Crippen molar-refractivity contribution < 1.29 is 9.69 Å². The van der Waals surface area contributed by atoms with Crippen LogP contribution in [0.4, 0.5) is 5.69 Å². The number of para-hydroxylation sites is 1. The molecule has 0 aliphatic heterocycles. The van der Waals surface area contributed by atoms with Gasteiger partial charge in [-0.3, -0.25) is 4.79 Å². The Morgan fingerprint density at radius 3 is 2.83 bits per heavy atom. The SMILES string of the molecule is C=CC[NH+](CC(=O)Nc1ccccc1C#N)Cc1ccc(Cl)s1. The van der Waals surface area contributed by atoms with Gasteiger partial charge in [0.15, 0.2) is 6.54 Å². The molecule has 23 heavy (non-hydrogen) atoms. The number of carbonyl (C=O) groups is 1. The fourth-order valence-corrected chi connectivity index (χ4v) is 3.37. The highest BCUT2D eigenvalue weighted by Crippen LogP contribution is 2.20. The molecule has 1 atom stereocenters. The van der Waals surface area contributed by atoms with Gasteiger partial charge in [0.1, 0.15) is 12.6 Å². The van der Waals surface area contributed by atoms with Crippen molar-refractivity contribution >= 4 is 34.5 Å². The monoisotopic (exact) mass is 346 g/mol. The van der Waals surface area contributed by atoms with E-state index in [1.54, 1.807) is 30.3 Å². The molecular formula is C17H17ClN3OS+. The average Bonchev–Trinajstić information content (AvgIpc) is 2.93. The molecule has 0 aliphatic carbocycles. The lowest BCUT2D eigenvalue weighted by atomic mass is 10.2. The Labute approximate surface area is 144 Å². The summed E-state index contributed by atoms with van der Waals surface area (Å²) >= 11 is 7.46. The summed E-state index contributed by atoms with van der Waals surface area (Å²) in [6.45, 7) is 5.42. The van der Waals surface area contributed by atoms with Crippen LogP contribution in [0.15, 0.2) is 49.1 Å². The van der Waals surface area contributed by atoms with Crippen molar-refractivity contribution in [3.63, 3.8) is 0 Å². The van der Waals surface area contributed by atoms with Crippen molar-refractivity contribution in [2.24, 2.45) is 0 Å². The number of carbonyl (C=O) groups excluding carboxylic acids is 1. The predicted molar refractivity (Wildman–Crippen MR) is 93.7 cm³/mol. The first-order valence-corrected chi connectivity index (χ1v) is 8.29. The van der Waals surface area contributed by atoms with E-state index >= 15 is 0 Å². The quantitative estimate of drug-likeness (QED) is 0.757. The highest BCUT2D eigenvalue weighted by molar-refractivity contribution is 7.16. The van der Waals surface area contributed by atoms with E-state index in [0.29, 0.717) is 30.9 Å². The molecule has 6 heteroatoms. The van der Waals surface area contributed by atoms with Crippen LogP contribution in [-0.2, 0) is 11.3 Å². The maximum Gasteiger partial charge on any atom is 0.279 e. The number of rotatable bonds is 7. The van der Waals surface area contributed by atoms with Crippen LogP contribution >= 0.6 is 22.9 Å². The molecular weight excluding hydrogens is 330 g/mol. The van der Waals surface area contributed by atoms with Crippen LogP contribution in [0.1, 0.15) is 10.4 Å². The normalized spacial score (nSPS) is 11.5. The molecule has 118 valence electrons. The van der Waals surface area contributed by atoms with E-state index in [1.807, 2.05) is 12.1 Å². The molecule has 2 aromatic rings. The van der Waals surface area contributed by atoms with Crippen LogP contribution in [0.3, 0.4) is 0 Å². The van der Waals surface area contributed by atoms with Crippen molar-refractivity contribution in [1.29, 1.82) is 5.26 Å². The second-order valence-corrected chi connectivity index (χ2v) is 6.81.